The molecule has 3 aromatic rings. The summed E-state index contributed by atoms with van der Waals surface area (Å²) >= 11 is 0. The van der Waals surface area contributed by atoms with Crippen LogP contribution in [0.25, 0.3) is 11.3 Å². The van der Waals surface area contributed by atoms with Crippen molar-refractivity contribution in [1.82, 2.24) is 15.3 Å². The molecule has 1 saturated heterocycles. The van der Waals surface area contributed by atoms with Crippen LogP contribution in [0.2, 0.25) is 0 Å². The van der Waals surface area contributed by atoms with E-state index in [1.54, 1.807) is 41.3 Å². The lowest BCUT2D eigenvalue weighted by Gasteiger charge is -2.26. The van der Waals surface area contributed by atoms with E-state index in [0.29, 0.717) is 50.0 Å². The summed E-state index contributed by atoms with van der Waals surface area (Å²) in [4.78, 5) is 22.1. The lowest BCUT2D eigenvalue weighted by Crippen LogP contribution is -2.44. The Bertz CT molecular complexity index is 1250. The number of halogens is 3. The van der Waals surface area contributed by atoms with Crippen molar-refractivity contribution >= 4 is 11.7 Å². The number of nitriles is 1. The van der Waals surface area contributed by atoms with Gasteiger partial charge in [-0.1, -0.05) is 36.4 Å². The maximum atomic E-state index is 13.6. The minimum absolute atomic E-state index is 0.0694. The highest BCUT2D eigenvalue weighted by Crippen LogP contribution is 2.33. The number of carbonyl (C=O) groups is 1. The van der Waals surface area contributed by atoms with Crippen molar-refractivity contribution in [3.8, 4) is 17.3 Å². The molecular weight excluding hydrogens is 469 g/mol. The van der Waals surface area contributed by atoms with E-state index < -0.39 is 18.0 Å². The molecule has 4 rings (SSSR count). The molecular formula is C26H25F3N6O. The van der Waals surface area contributed by atoms with Gasteiger partial charge in [-0.15, -0.1) is 0 Å². The molecule has 0 bridgehead atoms. The lowest BCUT2D eigenvalue weighted by molar-refractivity contribution is -0.144. The summed E-state index contributed by atoms with van der Waals surface area (Å²) in [7, 11) is 0. The van der Waals surface area contributed by atoms with E-state index in [-0.39, 0.29) is 17.4 Å². The normalized spacial score (nSPS) is 15.5. The van der Waals surface area contributed by atoms with Gasteiger partial charge in [0.2, 0.25) is 11.7 Å². The summed E-state index contributed by atoms with van der Waals surface area (Å²) in [6.07, 6.45) is -3.01. The van der Waals surface area contributed by atoms with Crippen LogP contribution in [0.1, 0.15) is 35.4 Å². The molecule has 0 spiro atoms. The molecule has 36 heavy (non-hydrogen) atoms. The standard InChI is InChI=1S/C26H25F3N6O/c27-26(28,29)25-33-21(20-9-7-19(16-31)8-10-20)14-23(34-25)35-13-1-2-22(35)24(36)32-12-11-17-3-5-18(15-30)6-4-17/h3-10,14,22H,1-2,11-13,16,31H2,(H,32,36). The molecule has 3 N–H and O–H groups in total. The van der Waals surface area contributed by atoms with E-state index in [1.165, 1.54) is 6.07 Å². The molecule has 0 radical (unpaired) electrons. The van der Waals surface area contributed by atoms with E-state index in [2.05, 4.69) is 21.4 Å². The van der Waals surface area contributed by atoms with Gasteiger partial charge in [0.05, 0.1) is 17.3 Å². The van der Waals surface area contributed by atoms with Gasteiger partial charge >= 0.3 is 6.18 Å². The molecule has 1 unspecified atom stereocenters. The monoisotopic (exact) mass is 494 g/mol. The fourth-order valence-electron chi connectivity index (χ4n) is 4.18. The highest BCUT2D eigenvalue weighted by molar-refractivity contribution is 5.85. The molecule has 1 aliphatic rings. The fraction of sp³-hybridized carbons (Fsp3) is 0.308. The number of anilines is 1. The van der Waals surface area contributed by atoms with Crippen LogP contribution in [0.3, 0.4) is 0 Å². The van der Waals surface area contributed by atoms with Crippen LogP contribution in [-0.2, 0) is 23.9 Å². The first kappa shape index (κ1) is 25.1. The predicted octanol–water partition coefficient (Wildman–Crippen LogP) is 3.82. The third kappa shape index (κ3) is 5.80. The van der Waals surface area contributed by atoms with Crippen molar-refractivity contribution in [3.63, 3.8) is 0 Å². The Morgan fingerprint density at radius 3 is 2.44 bits per heavy atom. The number of hydrogen-bond donors (Lipinski definition) is 2. The third-order valence-electron chi connectivity index (χ3n) is 6.10. The van der Waals surface area contributed by atoms with Crippen molar-refractivity contribution in [2.24, 2.45) is 5.73 Å². The van der Waals surface area contributed by atoms with E-state index in [4.69, 9.17) is 11.0 Å². The summed E-state index contributed by atoms with van der Waals surface area (Å²) in [6, 6.07) is 16.8. The summed E-state index contributed by atoms with van der Waals surface area (Å²) in [5.41, 5.74) is 8.62. The quantitative estimate of drug-likeness (QED) is 0.517. The Morgan fingerprint density at radius 1 is 1.11 bits per heavy atom. The first-order valence-corrected chi connectivity index (χ1v) is 11.6. The Morgan fingerprint density at radius 2 is 1.81 bits per heavy atom. The van der Waals surface area contributed by atoms with E-state index >= 15 is 0 Å². The summed E-state index contributed by atoms with van der Waals surface area (Å²) in [5, 5.41) is 11.8. The average molecular weight is 495 g/mol. The second-order valence-corrected chi connectivity index (χ2v) is 8.53. The van der Waals surface area contributed by atoms with E-state index in [9.17, 15) is 18.0 Å². The van der Waals surface area contributed by atoms with Crippen LogP contribution < -0.4 is 16.0 Å². The fourth-order valence-corrected chi connectivity index (χ4v) is 4.18. The van der Waals surface area contributed by atoms with Crippen LogP contribution in [0.4, 0.5) is 19.0 Å². The Labute approximate surface area is 206 Å². The largest absolute Gasteiger partial charge is 0.451 e. The molecule has 1 amide bonds. The summed E-state index contributed by atoms with van der Waals surface area (Å²) in [5.74, 6) is -1.44. The van der Waals surface area contributed by atoms with Gasteiger partial charge in [0, 0.05) is 31.3 Å². The van der Waals surface area contributed by atoms with Crippen molar-refractivity contribution < 1.29 is 18.0 Å². The van der Waals surface area contributed by atoms with Crippen molar-refractivity contribution in [3.05, 3.63) is 77.1 Å². The number of nitrogens with zero attached hydrogens (tertiary/aromatic N) is 4. The molecule has 1 aromatic heterocycles. The van der Waals surface area contributed by atoms with Crippen LogP contribution in [0.5, 0.6) is 0 Å². The Kier molecular flexibility index (Phi) is 7.50. The Balaban J connectivity index is 1.52. The molecule has 1 atom stereocenters. The van der Waals surface area contributed by atoms with Crippen LogP contribution in [-0.4, -0.2) is 35.0 Å². The van der Waals surface area contributed by atoms with Gasteiger partial charge in [0.25, 0.3) is 0 Å². The van der Waals surface area contributed by atoms with Crippen molar-refractivity contribution in [2.75, 3.05) is 18.0 Å². The molecule has 0 aliphatic carbocycles. The number of rotatable bonds is 7. The van der Waals surface area contributed by atoms with Gasteiger partial charge in [-0.05, 0) is 42.5 Å². The van der Waals surface area contributed by atoms with Gasteiger partial charge < -0.3 is 16.0 Å². The van der Waals surface area contributed by atoms with Gasteiger partial charge in [-0.3, -0.25) is 4.79 Å². The maximum Gasteiger partial charge on any atom is 0.451 e. The molecule has 2 heterocycles. The summed E-state index contributed by atoms with van der Waals surface area (Å²) < 4.78 is 40.9. The highest BCUT2D eigenvalue weighted by Gasteiger charge is 2.38. The second-order valence-electron chi connectivity index (χ2n) is 8.53. The van der Waals surface area contributed by atoms with Crippen LogP contribution >= 0.6 is 0 Å². The van der Waals surface area contributed by atoms with Crippen molar-refractivity contribution in [1.29, 1.82) is 5.26 Å². The Hall–Kier alpha value is -3.97. The first-order chi connectivity index (χ1) is 17.3. The van der Waals surface area contributed by atoms with Gasteiger partial charge in [0.1, 0.15) is 11.9 Å². The molecule has 1 aliphatic heterocycles. The number of hydrogen-bond acceptors (Lipinski definition) is 6. The zero-order valence-electron chi connectivity index (χ0n) is 19.4. The highest BCUT2D eigenvalue weighted by atomic mass is 19.4. The maximum absolute atomic E-state index is 13.6. The number of alkyl halides is 3. The SMILES string of the molecule is N#Cc1ccc(CCNC(=O)C2CCCN2c2cc(-c3ccc(CN)cc3)nc(C(F)(F)F)n2)cc1. The van der Waals surface area contributed by atoms with E-state index in [1.807, 2.05) is 12.1 Å². The number of aromatic nitrogens is 2. The predicted molar refractivity (Wildman–Crippen MR) is 129 cm³/mol. The molecule has 186 valence electrons. The molecule has 10 heteroatoms. The topological polar surface area (TPSA) is 108 Å². The third-order valence-corrected chi connectivity index (χ3v) is 6.10. The first-order valence-electron chi connectivity index (χ1n) is 11.6. The molecule has 7 nitrogen and oxygen atoms in total. The smallest absolute Gasteiger partial charge is 0.354 e. The lowest BCUT2D eigenvalue weighted by atomic mass is 10.1. The minimum Gasteiger partial charge on any atom is -0.354 e. The zero-order valence-corrected chi connectivity index (χ0v) is 19.4. The van der Waals surface area contributed by atoms with Crippen molar-refractivity contribution in [2.45, 2.75) is 38.0 Å². The number of nitrogens with one attached hydrogen (secondary N) is 1. The zero-order chi connectivity index (χ0) is 25.7. The van der Waals surface area contributed by atoms with Crippen LogP contribution in [0, 0.1) is 11.3 Å². The molecule has 1 fully saturated rings. The molecule has 2 aromatic carbocycles. The van der Waals surface area contributed by atoms with Gasteiger partial charge in [0.15, 0.2) is 0 Å². The molecule has 0 saturated carbocycles. The second kappa shape index (κ2) is 10.7. The van der Waals surface area contributed by atoms with E-state index in [0.717, 1.165) is 11.1 Å². The minimum atomic E-state index is -4.74. The number of nitrogens with two attached hydrogens (primary N) is 1. The summed E-state index contributed by atoms with van der Waals surface area (Å²) in [6.45, 7) is 1.10. The number of benzene rings is 2. The van der Waals surface area contributed by atoms with Crippen LogP contribution in [0.15, 0.2) is 54.6 Å². The number of carbonyl (C=O) groups excluding carboxylic acids is 1. The number of amides is 1. The average Bonchev–Trinajstić information content (AvgIpc) is 3.39. The van der Waals surface area contributed by atoms with Gasteiger partial charge in [-0.2, -0.15) is 18.4 Å². The van der Waals surface area contributed by atoms with Gasteiger partial charge in [-0.25, -0.2) is 9.97 Å².